The summed E-state index contributed by atoms with van der Waals surface area (Å²) in [5.74, 6) is -0.328. The third kappa shape index (κ3) is 4.38. The number of nitrogens with zero attached hydrogens (tertiary/aromatic N) is 2. The van der Waals surface area contributed by atoms with Crippen LogP contribution in [0.15, 0.2) is 23.5 Å². The summed E-state index contributed by atoms with van der Waals surface area (Å²) in [6, 6.07) is 1.52. The lowest BCUT2D eigenvalue weighted by atomic mass is 10.2. The van der Waals surface area contributed by atoms with E-state index >= 15 is 0 Å². The number of carbonyl (C=O) groups is 1. The topological polar surface area (TPSA) is 86.6 Å². The largest absolute Gasteiger partial charge is 0.478 e. The minimum absolute atomic E-state index is 0. The first-order valence-corrected chi connectivity index (χ1v) is 4.99. The lowest BCUT2D eigenvalue weighted by Gasteiger charge is -2.15. The molecule has 1 aliphatic heterocycles. The highest BCUT2D eigenvalue weighted by Crippen LogP contribution is 2.08. The molecule has 0 atom stereocenters. The molecule has 0 aromatic carbocycles. The number of nitrogens with one attached hydrogen (secondary N) is 2. The fourth-order valence-electron chi connectivity index (χ4n) is 1.38. The van der Waals surface area contributed by atoms with E-state index in [0.717, 1.165) is 19.5 Å². The van der Waals surface area contributed by atoms with Crippen molar-refractivity contribution in [3.05, 3.63) is 24.0 Å². The number of carboxylic acid groups (broad SMARTS) is 1. The number of carboxylic acids is 1. The van der Waals surface area contributed by atoms with Gasteiger partial charge in [0.25, 0.3) is 0 Å². The second kappa shape index (κ2) is 7.73. The number of hydrogen-bond acceptors (Lipinski definition) is 5. The van der Waals surface area contributed by atoms with Crippen LogP contribution in [0.3, 0.4) is 0 Å². The number of aromatic carboxylic acids is 1. The van der Waals surface area contributed by atoms with Crippen LogP contribution in [0.4, 0.5) is 5.69 Å². The van der Waals surface area contributed by atoms with Crippen molar-refractivity contribution in [1.29, 1.82) is 0 Å². The average molecular weight is 293 g/mol. The summed E-state index contributed by atoms with van der Waals surface area (Å²) in [5, 5.41) is 14.9. The second-order valence-electron chi connectivity index (χ2n) is 3.40. The fraction of sp³-hybridized carbons (Fsp3) is 0.300. The molecular weight excluding hydrogens is 279 g/mol. The van der Waals surface area contributed by atoms with Gasteiger partial charge >= 0.3 is 5.97 Å². The Morgan fingerprint density at radius 1 is 1.39 bits per heavy atom. The minimum Gasteiger partial charge on any atom is -0.478 e. The van der Waals surface area contributed by atoms with Crippen molar-refractivity contribution in [2.24, 2.45) is 4.99 Å². The Balaban J connectivity index is 0.00000144. The van der Waals surface area contributed by atoms with Gasteiger partial charge in [0, 0.05) is 19.3 Å². The zero-order chi connectivity index (χ0) is 11.4. The number of aromatic nitrogens is 1. The highest BCUT2D eigenvalue weighted by molar-refractivity contribution is 5.95. The highest BCUT2D eigenvalue weighted by atomic mass is 35.5. The van der Waals surface area contributed by atoms with Crippen LogP contribution in [0.1, 0.15) is 16.8 Å². The normalized spacial score (nSPS) is 13.2. The van der Waals surface area contributed by atoms with Crippen molar-refractivity contribution in [3.63, 3.8) is 0 Å². The number of hydrogen-bond donors (Lipinski definition) is 3. The van der Waals surface area contributed by atoms with E-state index in [4.69, 9.17) is 5.11 Å². The first-order valence-electron chi connectivity index (χ1n) is 4.99. The van der Waals surface area contributed by atoms with E-state index < -0.39 is 5.97 Å². The smallest absolute Gasteiger partial charge is 0.337 e. The van der Waals surface area contributed by atoms with E-state index in [9.17, 15) is 4.79 Å². The molecule has 1 aromatic rings. The van der Waals surface area contributed by atoms with Gasteiger partial charge < -0.3 is 15.7 Å². The molecular formula is C10H14Cl2N4O2. The summed E-state index contributed by atoms with van der Waals surface area (Å²) in [6.45, 7) is 1.65. The van der Waals surface area contributed by atoms with Crippen LogP contribution < -0.4 is 10.6 Å². The molecule has 3 N–H and O–H groups in total. The molecule has 2 rings (SSSR count). The Hall–Kier alpha value is -1.53. The number of pyridine rings is 1. The Kier molecular flexibility index (Phi) is 7.07. The van der Waals surface area contributed by atoms with Gasteiger partial charge in [0.05, 0.1) is 17.4 Å². The van der Waals surface area contributed by atoms with Crippen LogP contribution in [-0.4, -0.2) is 35.1 Å². The predicted molar refractivity (Wildman–Crippen MR) is 74.2 cm³/mol. The van der Waals surface area contributed by atoms with Crippen LogP contribution >= 0.6 is 24.8 Å². The molecule has 18 heavy (non-hydrogen) atoms. The van der Waals surface area contributed by atoms with E-state index in [1.807, 2.05) is 0 Å². The van der Waals surface area contributed by atoms with Gasteiger partial charge in [0.1, 0.15) is 0 Å². The second-order valence-corrected chi connectivity index (χ2v) is 3.40. The maximum absolute atomic E-state index is 10.7. The first kappa shape index (κ1) is 16.5. The lowest BCUT2D eigenvalue weighted by Crippen LogP contribution is -2.35. The molecule has 2 heterocycles. The molecule has 0 spiro atoms. The lowest BCUT2D eigenvalue weighted by molar-refractivity contribution is 0.0696. The maximum Gasteiger partial charge on any atom is 0.337 e. The van der Waals surface area contributed by atoms with Gasteiger partial charge in [0.2, 0.25) is 0 Å². The Bertz CT molecular complexity index is 440. The van der Waals surface area contributed by atoms with Gasteiger partial charge in [-0.25, -0.2) is 4.79 Å². The summed E-state index contributed by atoms with van der Waals surface area (Å²) in [7, 11) is 0. The van der Waals surface area contributed by atoms with E-state index in [0.29, 0.717) is 11.6 Å². The van der Waals surface area contributed by atoms with Crippen LogP contribution in [0.25, 0.3) is 0 Å². The predicted octanol–water partition coefficient (Wildman–Crippen LogP) is 1.38. The monoisotopic (exact) mass is 292 g/mol. The number of halogens is 2. The van der Waals surface area contributed by atoms with Crippen molar-refractivity contribution in [2.45, 2.75) is 6.42 Å². The van der Waals surface area contributed by atoms with Crippen LogP contribution in [0, 0.1) is 0 Å². The zero-order valence-electron chi connectivity index (χ0n) is 9.42. The van der Waals surface area contributed by atoms with Crippen molar-refractivity contribution < 1.29 is 9.90 Å². The molecule has 0 amide bonds. The van der Waals surface area contributed by atoms with E-state index in [1.165, 1.54) is 12.3 Å². The quantitative estimate of drug-likeness (QED) is 0.767. The zero-order valence-corrected chi connectivity index (χ0v) is 11.1. The molecule has 0 unspecified atom stereocenters. The van der Waals surface area contributed by atoms with Crippen molar-refractivity contribution >= 4 is 42.4 Å². The van der Waals surface area contributed by atoms with Crippen molar-refractivity contribution in [3.8, 4) is 0 Å². The van der Waals surface area contributed by atoms with Gasteiger partial charge in [-0.1, -0.05) is 0 Å². The molecule has 6 nitrogen and oxygen atoms in total. The van der Waals surface area contributed by atoms with Gasteiger partial charge in [-0.15, -0.1) is 24.8 Å². The van der Waals surface area contributed by atoms with Crippen molar-refractivity contribution in [2.75, 3.05) is 18.4 Å². The molecule has 0 aliphatic carbocycles. The standard InChI is InChI=1S/C10H12N4O2.2ClH/c15-9(16)7-4-8(6-11-5-7)14-10-12-2-1-3-13-10;;/h4-6H,1-3H2,(H,15,16)(H2,12,13,14);2*1H. The molecule has 8 heteroatoms. The van der Waals surface area contributed by atoms with E-state index in [-0.39, 0.29) is 30.4 Å². The van der Waals surface area contributed by atoms with Gasteiger partial charge in [-0.2, -0.15) is 0 Å². The summed E-state index contributed by atoms with van der Waals surface area (Å²) in [5.41, 5.74) is 0.773. The third-order valence-electron chi connectivity index (χ3n) is 2.15. The first-order chi connectivity index (χ1) is 7.75. The summed E-state index contributed by atoms with van der Waals surface area (Å²) in [4.78, 5) is 18.8. The Morgan fingerprint density at radius 2 is 2.17 bits per heavy atom. The molecule has 1 aliphatic rings. The maximum atomic E-state index is 10.7. The summed E-state index contributed by atoms with van der Waals surface area (Å²) >= 11 is 0. The van der Waals surface area contributed by atoms with Gasteiger partial charge in [-0.05, 0) is 12.5 Å². The number of guanidine groups is 1. The highest BCUT2D eigenvalue weighted by Gasteiger charge is 2.07. The molecule has 0 saturated heterocycles. The van der Waals surface area contributed by atoms with Crippen LogP contribution in [0.5, 0.6) is 0 Å². The van der Waals surface area contributed by atoms with Crippen LogP contribution in [-0.2, 0) is 0 Å². The molecule has 1 aromatic heterocycles. The Labute approximate surface area is 117 Å². The van der Waals surface area contributed by atoms with E-state index in [2.05, 4.69) is 20.6 Å². The third-order valence-corrected chi connectivity index (χ3v) is 2.15. The number of aliphatic imine (C=N–C) groups is 1. The Morgan fingerprint density at radius 3 is 2.78 bits per heavy atom. The molecule has 100 valence electrons. The SMILES string of the molecule is Cl.Cl.O=C(O)c1cncc(NC2=NCCCN2)c1. The van der Waals surface area contributed by atoms with Crippen LogP contribution in [0.2, 0.25) is 0 Å². The number of anilines is 1. The molecule has 0 radical (unpaired) electrons. The van der Waals surface area contributed by atoms with Crippen molar-refractivity contribution in [1.82, 2.24) is 10.3 Å². The number of rotatable bonds is 2. The summed E-state index contributed by atoms with van der Waals surface area (Å²) < 4.78 is 0. The minimum atomic E-state index is -0.991. The molecule has 0 saturated carbocycles. The summed E-state index contributed by atoms with van der Waals surface area (Å²) in [6.07, 6.45) is 3.88. The van der Waals surface area contributed by atoms with Gasteiger partial charge in [0.15, 0.2) is 5.96 Å². The van der Waals surface area contributed by atoms with Gasteiger partial charge in [-0.3, -0.25) is 9.98 Å². The molecule has 0 bridgehead atoms. The molecule has 0 fully saturated rings. The fourth-order valence-corrected chi connectivity index (χ4v) is 1.38. The average Bonchev–Trinajstić information content (AvgIpc) is 2.30. The van der Waals surface area contributed by atoms with E-state index in [1.54, 1.807) is 6.20 Å².